The number of cyclic esters (lactones) is 1. The second kappa shape index (κ2) is 5.54. The number of hydrogen-bond acceptors (Lipinski definition) is 6. The smallest absolute Gasteiger partial charge is 0.407 e. The van der Waals surface area contributed by atoms with E-state index in [1.807, 2.05) is 6.92 Å². The molecular formula is C16H15FN4O4. The summed E-state index contributed by atoms with van der Waals surface area (Å²) in [4.78, 5) is 24.9. The number of nitrogens with one attached hydrogen (secondary N) is 1. The van der Waals surface area contributed by atoms with E-state index in [1.54, 1.807) is 23.1 Å². The van der Waals surface area contributed by atoms with Crippen LogP contribution in [0.25, 0.3) is 11.5 Å². The third kappa shape index (κ3) is 2.61. The molecule has 0 spiro atoms. The predicted octanol–water partition coefficient (Wildman–Crippen LogP) is 1.08. The standard InChI is InChI=1S/C16H15FN4O4/c1-16(7-21(8-16)13(22)11-6-24-15(23)18-11)14-20-19-12(25-14)9-4-2-3-5-10(9)17/h2-5,11H,6-8H2,1H3,(H,18,23). The second-order valence-electron chi connectivity index (χ2n) is 6.44. The molecule has 1 atom stereocenters. The van der Waals surface area contributed by atoms with Gasteiger partial charge in [0.25, 0.3) is 5.89 Å². The maximum atomic E-state index is 13.8. The maximum Gasteiger partial charge on any atom is 0.407 e. The van der Waals surface area contributed by atoms with E-state index in [2.05, 4.69) is 15.5 Å². The van der Waals surface area contributed by atoms with Gasteiger partial charge in [-0.3, -0.25) is 4.79 Å². The van der Waals surface area contributed by atoms with Crippen LogP contribution in [0.5, 0.6) is 0 Å². The highest BCUT2D eigenvalue weighted by atomic mass is 19.1. The molecule has 0 aliphatic carbocycles. The molecule has 2 aromatic rings. The van der Waals surface area contributed by atoms with E-state index >= 15 is 0 Å². The Morgan fingerprint density at radius 2 is 2.12 bits per heavy atom. The maximum absolute atomic E-state index is 13.8. The summed E-state index contributed by atoms with van der Waals surface area (Å²) in [5, 5.41) is 10.4. The molecule has 25 heavy (non-hydrogen) atoms. The first-order chi connectivity index (χ1) is 12.0. The average molecular weight is 346 g/mol. The predicted molar refractivity (Wildman–Crippen MR) is 81.9 cm³/mol. The fourth-order valence-corrected chi connectivity index (χ4v) is 3.04. The first-order valence-electron chi connectivity index (χ1n) is 7.77. The van der Waals surface area contributed by atoms with Gasteiger partial charge in [0.05, 0.1) is 11.0 Å². The summed E-state index contributed by atoms with van der Waals surface area (Å²) in [5.41, 5.74) is -0.266. The summed E-state index contributed by atoms with van der Waals surface area (Å²) < 4.78 is 24.2. The molecule has 3 heterocycles. The summed E-state index contributed by atoms with van der Waals surface area (Å²) in [5.74, 6) is -0.195. The van der Waals surface area contributed by atoms with Gasteiger partial charge in [0.15, 0.2) is 0 Å². The molecule has 2 aliphatic heterocycles. The molecule has 0 radical (unpaired) electrons. The van der Waals surface area contributed by atoms with Crippen LogP contribution < -0.4 is 5.32 Å². The third-order valence-corrected chi connectivity index (χ3v) is 4.41. The number of rotatable bonds is 3. The number of halogens is 1. The molecule has 9 heteroatoms. The highest BCUT2D eigenvalue weighted by Crippen LogP contribution is 2.35. The van der Waals surface area contributed by atoms with Crippen LogP contribution in [0.3, 0.4) is 0 Å². The number of amides is 2. The van der Waals surface area contributed by atoms with Crippen molar-refractivity contribution in [1.29, 1.82) is 0 Å². The minimum atomic E-state index is -0.659. The Hall–Kier alpha value is -2.97. The van der Waals surface area contributed by atoms with E-state index in [0.29, 0.717) is 19.0 Å². The molecule has 0 saturated carbocycles. The molecule has 1 N–H and O–H groups in total. The van der Waals surface area contributed by atoms with Crippen LogP contribution in [-0.2, 0) is 14.9 Å². The molecule has 2 saturated heterocycles. The van der Waals surface area contributed by atoms with E-state index < -0.39 is 23.4 Å². The number of aromatic nitrogens is 2. The number of nitrogens with zero attached hydrogens (tertiary/aromatic N) is 3. The number of carbonyl (C=O) groups excluding carboxylic acids is 2. The second-order valence-corrected chi connectivity index (χ2v) is 6.44. The van der Waals surface area contributed by atoms with Crippen molar-refractivity contribution < 1.29 is 23.1 Å². The van der Waals surface area contributed by atoms with E-state index in [4.69, 9.17) is 9.15 Å². The first kappa shape index (κ1) is 15.6. The molecule has 1 aromatic heterocycles. The first-order valence-corrected chi connectivity index (χ1v) is 7.77. The van der Waals surface area contributed by atoms with Gasteiger partial charge in [0.1, 0.15) is 18.5 Å². The van der Waals surface area contributed by atoms with Gasteiger partial charge in [-0.05, 0) is 19.1 Å². The third-order valence-electron chi connectivity index (χ3n) is 4.41. The van der Waals surface area contributed by atoms with Gasteiger partial charge in [-0.1, -0.05) is 12.1 Å². The van der Waals surface area contributed by atoms with E-state index in [9.17, 15) is 14.0 Å². The fourth-order valence-electron chi connectivity index (χ4n) is 3.04. The van der Waals surface area contributed by atoms with Crippen LogP contribution in [0.4, 0.5) is 9.18 Å². The lowest BCUT2D eigenvalue weighted by atomic mass is 9.81. The zero-order valence-corrected chi connectivity index (χ0v) is 13.4. The summed E-state index contributed by atoms with van der Waals surface area (Å²) in [7, 11) is 0. The molecule has 130 valence electrons. The summed E-state index contributed by atoms with van der Waals surface area (Å²) in [6.07, 6.45) is -0.590. The lowest BCUT2D eigenvalue weighted by molar-refractivity contribution is -0.141. The van der Waals surface area contributed by atoms with Gasteiger partial charge in [-0.25, -0.2) is 9.18 Å². The van der Waals surface area contributed by atoms with Crippen molar-refractivity contribution in [3.8, 4) is 11.5 Å². The van der Waals surface area contributed by atoms with Crippen molar-refractivity contribution in [2.24, 2.45) is 0 Å². The van der Waals surface area contributed by atoms with E-state index in [1.165, 1.54) is 6.07 Å². The van der Waals surface area contributed by atoms with Gasteiger partial charge in [-0.15, -0.1) is 10.2 Å². The van der Waals surface area contributed by atoms with Crippen LogP contribution in [0, 0.1) is 5.82 Å². The fraction of sp³-hybridized carbons (Fsp3) is 0.375. The summed E-state index contributed by atoms with van der Waals surface area (Å²) in [6.45, 7) is 2.66. The topological polar surface area (TPSA) is 97.6 Å². The van der Waals surface area contributed by atoms with Crippen molar-refractivity contribution >= 4 is 12.0 Å². The summed E-state index contributed by atoms with van der Waals surface area (Å²) >= 11 is 0. The Morgan fingerprint density at radius 1 is 1.36 bits per heavy atom. The van der Waals surface area contributed by atoms with Gasteiger partial charge < -0.3 is 19.4 Å². The lowest BCUT2D eigenvalue weighted by Gasteiger charge is -2.46. The van der Waals surface area contributed by atoms with Gasteiger partial charge in [0.2, 0.25) is 11.8 Å². The normalized spacial score (nSPS) is 21.4. The Kier molecular flexibility index (Phi) is 3.45. The SMILES string of the molecule is CC1(c2nnc(-c3ccccc3F)o2)CN(C(=O)C2COC(=O)N2)C1. The Bertz CT molecular complexity index is 846. The molecule has 1 aromatic carbocycles. The summed E-state index contributed by atoms with van der Waals surface area (Å²) in [6, 6.07) is 5.50. The largest absolute Gasteiger partial charge is 0.447 e. The zero-order valence-electron chi connectivity index (χ0n) is 13.4. The van der Waals surface area contributed by atoms with E-state index in [-0.39, 0.29) is 24.0 Å². The zero-order chi connectivity index (χ0) is 17.6. The van der Waals surface area contributed by atoms with Crippen LogP contribution in [-0.4, -0.2) is 52.8 Å². The number of hydrogen-bond donors (Lipinski definition) is 1. The number of benzene rings is 1. The molecule has 4 rings (SSSR count). The molecule has 8 nitrogen and oxygen atoms in total. The number of likely N-dealkylation sites (tertiary alicyclic amines) is 1. The average Bonchev–Trinajstić information content (AvgIpc) is 3.21. The van der Waals surface area contributed by atoms with Crippen LogP contribution in [0.1, 0.15) is 12.8 Å². The van der Waals surface area contributed by atoms with Gasteiger partial charge in [0, 0.05) is 13.1 Å². The Morgan fingerprint density at radius 3 is 2.80 bits per heavy atom. The minimum Gasteiger partial charge on any atom is -0.447 e. The van der Waals surface area contributed by atoms with Crippen LogP contribution >= 0.6 is 0 Å². The molecule has 0 bridgehead atoms. The van der Waals surface area contributed by atoms with Crippen LogP contribution in [0.2, 0.25) is 0 Å². The number of carbonyl (C=O) groups is 2. The Balaban J connectivity index is 1.46. The molecule has 2 amide bonds. The van der Waals surface area contributed by atoms with Crippen LogP contribution in [0.15, 0.2) is 28.7 Å². The molecule has 2 aliphatic rings. The quantitative estimate of drug-likeness (QED) is 0.893. The van der Waals surface area contributed by atoms with Crippen molar-refractivity contribution in [2.75, 3.05) is 19.7 Å². The van der Waals surface area contributed by atoms with Gasteiger partial charge >= 0.3 is 6.09 Å². The van der Waals surface area contributed by atoms with Crippen molar-refractivity contribution in [3.63, 3.8) is 0 Å². The number of alkyl carbamates (subject to hydrolysis) is 1. The lowest BCUT2D eigenvalue weighted by Crippen LogP contribution is -2.63. The van der Waals surface area contributed by atoms with Crippen molar-refractivity contribution in [3.05, 3.63) is 36.0 Å². The van der Waals surface area contributed by atoms with E-state index in [0.717, 1.165) is 0 Å². The molecule has 2 fully saturated rings. The monoisotopic (exact) mass is 346 g/mol. The van der Waals surface area contributed by atoms with Gasteiger partial charge in [-0.2, -0.15) is 0 Å². The highest BCUT2D eigenvalue weighted by molar-refractivity contribution is 5.88. The number of ether oxygens (including phenoxy) is 1. The van der Waals surface area contributed by atoms with Crippen molar-refractivity contribution in [2.45, 2.75) is 18.4 Å². The minimum absolute atomic E-state index is 0.0306. The Labute approximate surface area is 142 Å². The molecular weight excluding hydrogens is 331 g/mol. The van der Waals surface area contributed by atoms with Crippen molar-refractivity contribution in [1.82, 2.24) is 20.4 Å². The highest BCUT2D eigenvalue weighted by Gasteiger charge is 2.49. The molecule has 1 unspecified atom stereocenters.